The Hall–Kier alpha value is -1.74. The highest BCUT2D eigenvalue weighted by atomic mass is 32.2. The molecule has 2 heterocycles. The summed E-state index contributed by atoms with van der Waals surface area (Å²) >= 11 is 1.31. The van der Waals surface area contributed by atoms with E-state index in [1.54, 1.807) is 24.4 Å². The third-order valence-electron chi connectivity index (χ3n) is 4.02. The Balaban J connectivity index is 1.76. The number of ether oxygens (including phenoxy) is 1. The van der Waals surface area contributed by atoms with Crippen molar-refractivity contribution in [3.05, 3.63) is 22.4 Å². The van der Waals surface area contributed by atoms with Gasteiger partial charge in [0, 0.05) is 19.0 Å². The van der Waals surface area contributed by atoms with Crippen molar-refractivity contribution in [2.45, 2.75) is 32.2 Å². The van der Waals surface area contributed by atoms with E-state index in [0.29, 0.717) is 17.8 Å². The van der Waals surface area contributed by atoms with Crippen LogP contribution >= 0.6 is 11.3 Å². The lowest BCUT2D eigenvalue weighted by molar-refractivity contribution is -0.152. The first-order valence-corrected chi connectivity index (χ1v) is 10.7. The van der Waals surface area contributed by atoms with E-state index in [2.05, 4.69) is 0 Å². The van der Waals surface area contributed by atoms with Crippen LogP contribution in [-0.4, -0.2) is 61.7 Å². The Kier molecular flexibility index (Phi) is 6.71. The van der Waals surface area contributed by atoms with Crippen LogP contribution in [-0.2, 0) is 24.2 Å². The number of rotatable bonds is 8. The molecule has 0 aromatic carbocycles. The smallest absolute Gasteiger partial charge is 0.306 e. The Morgan fingerprint density at radius 3 is 2.64 bits per heavy atom. The molecule has 1 saturated heterocycles. The minimum Gasteiger partial charge on any atom is -0.456 e. The molecule has 0 aliphatic carbocycles. The molecule has 0 radical (unpaired) electrons. The van der Waals surface area contributed by atoms with E-state index in [4.69, 9.17) is 4.74 Å². The zero-order valence-corrected chi connectivity index (χ0v) is 15.6. The standard InChI is InChI=1S/C16H21NO6S2/c1-2-17(12-7-9-25(21,22)11-12)15(19)10-23-16(20)6-5-13(18)14-4-3-8-24-14/h3-4,8,12H,2,5-7,9-11H2,1H3. The lowest BCUT2D eigenvalue weighted by atomic mass is 10.2. The average Bonchev–Trinajstić information content (AvgIpc) is 3.21. The van der Waals surface area contributed by atoms with E-state index in [1.807, 2.05) is 0 Å². The largest absolute Gasteiger partial charge is 0.456 e. The van der Waals surface area contributed by atoms with Gasteiger partial charge in [-0.3, -0.25) is 14.4 Å². The fourth-order valence-corrected chi connectivity index (χ4v) is 5.16. The molecule has 1 aromatic heterocycles. The molecule has 1 amide bonds. The van der Waals surface area contributed by atoms with Gasteiger partial charge in [-0.15, -0.1) is 11.3 Å². The maximum atomic E-state index is 12.2. The van der Waals surface area contributed by atoms with Gasteiger partial charge in [0.25, 0.3) is 5.91 Å². The highest BCUT2D eigenvalue weighted by Gasteiger charge is 2.34. The number of amides is 1. The Labute approximate surface area is 150 Å². The number of Topliss-reactive ketones (excluding diaryl/α,β-unsaturated/α-hetero) is 1. The van der Waals surface area contributed by atoms with E-state index in [1.165, 1.54) is 16.2 Å². The van der Waals surface area contributed by atoms with Crippen LogP contribution in [0.25, 0.3) is 0 Å². The maximum absolute atomic E-state index is 12.2. The molecule has 7 nitrogen and oxygen atoms in total. The number of hydrogen-bond donors (Lipinski definition) is 0. The SMILES string of the molecule is CCN(C(=O)COC(=O)CCC(=O)c1cccs1)C1CCS(=O)(=O)C1. The maximum Gasteiger partial charge on any atom is 0.306 e. The van der Waals surface area contributed by atoms with E-state index in [9.17, 15) is 22.8 Å². The van der Waals surface area contributed by atoms with Gasteiger partial charge in [0.2, 0.25) is 0 Å². The molecule has 0 bridgehead atoms. The Bertz CT molecular complexity index is 726. The fraction of sp³-hybridized carbons (Fsp3) is 0.562. The molecular formula is C16H21NO6S2. The number of hydrogen-bond acceptors (Lipinski definition) is 7. The molecule has 9 heteroatoms. The number of ketones is 1. The Morgan fingerprint density at radius 1 is 1.32 bits per heavy atom. The lowest BCUT2D eigenvalue weighted by Gasteiger charge is -2.26. The van der Waals surface area contributed by atoms with Gasteiger partial charge in [-0.1, -0.05) is 6.07 Å². The van der Waals surface area contributed by atoms with Crippen molar-refractivity contribution in [3.63, 3.8) is 0 Å². The van der Waals surface area contributed by atoms with Crippen LogP contribution < -0.4 is 0 Å². The number of carbonyl (C=O) groups excluding carboxylic acids is 3. The minimum absolute atomic E-state index is 0.0336. The first-order chi connectivity index (χ1) is 11.8. The van der Waals surface area contributed by atoms with Crippen molar-refractivity contribution >= 4 is 38.8 Å². The van der Waals surface area contributed by atoms with Crippen molar-refractivity contribution in [2.24, 2.45) is 0 Å². The number of likely N-dealkylation sites (N-methyl/N-ethyl adjacent to an activating group) is 1. The molecule has 1 aliphatic heterocycles. The normalized spacial score (nSPS) is 18.7. The molecule has 1 aliphatic rings. The summed E-state index contributed by atoms with van der Waals surface area (Å²) in [5.41, 5.74) is 0. The summed E-state index contributed by atoms with van der Waals surface area (Å²) in [5.74, 6) is -1.14. The van der Waals surface area contributed by atoms with Crippen LogP contribution in [0.4, 0.5) is 0 Å². The second-order valence-corrected chi connectivity index (χ2v) is 8.97. The number of nitrogens with zero attached hydrogens (tertiary/aromatic N) is 1. The average molecular weight is 387 g/mol. The zero-order chi connectivity index (χ0) is 18.4. The molecule has 25 heavy (non-hydrogen) atoms. The van der Waals surface area contributed by atoms with Gasteiger partial charge >= 0.3 is 5.97 Å². The highest BCUT2D eigenvalue weighted by molar-refractivity contribution is 7.91. The van der Waals surface area contributed by atoms with Crippen molar-refractivity contribution in [3.8, 4) is 0 Å². The highest BCUT2D eigenvalue weighted by Crippen LogP contribution is 2.18. The van der Waals surface area contributed by atoms with Crippen LogP contribution in [0.15, 0.2) is 17.5 Å². The predicted molar refractivity (Wildman–Crippen MR) is 93.3 cm³/mol. The van der Waals surface area contributed by atoms with Crippen LogP contribution in [0.5, 0.6) is 0 Å². The molecule has 2 rings (SSSR count). The quantitative estimate of drug-likeness (QED) is 0.492. The summed E-state index contributed by atoms with van der Waals surface area (Å²) in [6, 6.07) is 3.09. The molecule has 1 aromatic rings. The van der Waals surface area contributed by atoms with Gasteiger partial charge in [-0.05, 0) is 24.8 Å². The molecule has 0 N–H and O–H groups in total. The molecule has 0 spiro atoms. The molecule has 1 unspecified atom stereocenters. The summed E-state index contributed by atoms with van der Waals surface area (Å²) in [6.07, 6.45) is 0.352. The Morgan fingerprint density at radius 2 is 2.08 bits per heavy atom. The second kappa shape index (κ2) is 8.57. The van der Waals surface area contributed by atoms with Crippen LogP contribution in [0, 0.1) is 0 Å². The van der Waals surface area contributed by atoms with Gasteiger partial charge < -0.3 is 9.64 Å². The van der Waals surface area contributed by atoms with E-state index in [-0.39, 0.29) is 36.2 Å². The molecule has 0 saturated carbocycles. The second-order valence-electron chi connectivity index (χ2n) is 5.80. The minimum atomic E-state index is -3.09. The van der Waals surface area contributed by atoms with Crippen molar-refractivity contribution in [1.29, 1.82) is 0 Å². The summed E-state index contributed by atoms with van der Waals surface area (Å²) in [4.78, 5) is 37.7. The summed E-state index contributed by atoms with van der Waals surface area (Å²) < 4.78 is 28.0. The summed E-state index contributed by atoms with van der Waals surface area (Å²) in [5, 5.41) is 1.78. The lowest BCUT2D eigenvalue weighted by Crippen LogP contribution is -2.43. The van der Waals surface area contributed by atoms with E-state index >= 15 is 0 Å². The van der Waals surface area contributed by atoms with E-state index in [0.717, 1.165) is 0 Å². The number of esters is 1. The third-order valence-corrected chi connectivity index (χ3v) is 6.68. The van der Waals surface area contributed by atoms with Crippen LogP contribution in [0.3, 0.4) is 0 Å². The topological polar surface area (TPSA) is 97.8 Å². The predicted octanol–water partition coefficient (Wildman–Crippen LogP) is 1.29. The van der Waals surface area contributed by atoms with Crippen molar-refractivity contribution in [1.82, 2.24) is 4.90 Å². The van der Waals surface area contributed by atoms with E-state index < -0.39 is 28.3 Å². The first kappa shape index (κ1) is 19.6. The van der Waals surface area contributed by atoms with Crippen molar-refractivity contribution < 1.29 is 27.5 Å². The molecule has 138 valence electrons. The van der Waals surface area contributed by atoms with Gasteiger partial charge in [-0.25, -0.2) is 8.42 Å². The van der Waals surface area contributed by atoms with Crippen LogP contribution in [0.2, 0.25) is 0 Å². The monoisotopic (exact) mass is 387 g/mol. The molecule has 1 fully saturated rings. The van der Waals surface area contributed by atoms with Gasteiger partial charge in [0.15, 0.2) is 22.2 Å². The van der Waals surface area contributed by atoms with Gasteiger partial charge in [0.05, 0.1) is 22.8 Å². The summed E-state index contributed by atoms with van der Waals surface area (Å²) in [6.45, 7) is 1.67. The molecular weight excluding hydrogens is 366 g/mol. The number of sulfone groups is 1. The van der Waals surface area contributed by atoms with Crippen LogP contribution in [0.1, 0.15) is 35.9 Å². The number of thiophene rings is 1. The zero-order valence-electron chi connectivity index (χ0n) is 14.0. The third kappa shape index (κ3) is 5.64. The fourth-order valence-electron chi connectivity index (χ4n) is 2.73. The molecule has 1 atom stereocenters. The van der Waals surface area contributed by atoms with Gasteiger partial charge in [-0.2, -0.15) is 0 Å². The van der Waals surface area contributed by atoms with Gasteiger partial charge in [0.1, 0.15) is 0 Å². The van der Waals surface area contributed by atoms with Crippen molar-refractivity contribution in [2.75, 3.05) is 24.7 Å². The summed E-state index contributed by atoms with van der Waals surface area (Å²) in [7, 11) is -3.09. The number of carbonyl (C=O) groups is 3. The first-order valence-electron chi connectivity index (χ1n) is 8.04.